The predicted molar refractivity (Wildman–Crippen MR) is 78.5 cm³/mol. The number of rotatable bonds is 4. The summed E-state index contributed by atoms with van der Waals surface area (Å²) in [4.78, 5) is 21.9. The van der Waals surface area contributed by atoms with Crippen LogP contribution < -0.4 is 10.1 Å². The second kappa shape index (κ2) is 6.34. The molecule has 0 saturated carbocycles. The summed E-state index contributed by atoms with van der Waals surface area (Å²) >= 11 is 0. The molecule has 1 amide bonds. The molecule has 24 heavy (non-hydrogen) atoms. The highest BCUT2D eigenvalue weighted by molar-refractivity contribution is 5.95. The van der Waals surface area contributed by atoms with Gasteiger partial charge in [0.15, 0.2) is 0 Å². The van der Waals surface area contributed by atoms with E-state index in [1.807, 2.05) is 0 Å². The van der Waals surface area contributed by atoms with Gasteiger partial charge in [0.05, 0.1) is 6.04 Å². The molecule has 0 unspecified atom stereocenters. The van der Waals surface area contributed by atoms with Gasteiger partial charge in [0.2, 0.25) is 5.95 Å². The first-order valence-corrected chi connectivity index (χ1v) is 7.09. The Kier molecular flexibility index (Phi) is 4.24. The highest BCUT2D eigenvalue weighted by atomic mass is 19.4. The molecule has 1 aliphatic rings. The van der Waals surface area contributed by atoms with Crippen LogP contribution in [0, 0.1) is 0 Å². The number of alkyl halides is 3. The van der Waals surface area contributed by atoms with E-state index in [4.69, 9.17) is 0 Å². The first-order chi connectivity index (χ1) is 11.4. The van der Waals surface area contributed by atoms with Gasteiger partial charge in [-0.1, -0.05) is 0 Å². The molecule has 1 saturated heterocycles. The van der Waals surface area contributed by atoms with Crippen LogP contribution in [0.2, 0.25) is 0 Å². The van der Waals surface area contributed by atoms with E-state index < -0.39 is 6.36 Å². The minimum atomic E-state index is -4.75. The van der Waals surface area contributed by atoms with Crippen molar-refractivity contribution in [3.63, 3.8) is 0 Å². The van der Waals surface area contributed by atoms with Crippen molar-refractivity contribution in [1.82, 2.24) is 14.9 Å². The van der Waals surface area contributed by atoms with E-state index in [-0.39, 0.29) is 17.7 Å². The van der Waals surface area contributed by atoms with Gasteiger partial charge < -0.3 is 15.0 Å². The zero-order valence-electron chi connectivity index (χ0n) is 12.3. The van der Waals surface area contributed by atoms with Gasteiger partial charge >= 0.3 is 6.36 Å². The van der Waals surface area contributed by atoms with E-state index in [1.165, 1.54) is 12.1 Å². The van der Waals surface area contributed by atoms with Crippen molar-refractivity contribution in [2.75, 3.05) is 18.4 Å². The number of amides is 1. The van der Waals surface area contributed by atoms with Gasteiger partial charge in [-0.3, -0.25) is 4.79 Å². The number of benzene rings is 1. The van der Waals surface area contributed by atoms with E-state index in [9.17, 15) is 18.0 Å². The largest absolute Gasteiger partial charge is 0.573 e. The average Bonchev–Trinajstić information content (AvgIpc) is 2.50. The van der Waals surface area contributed by atoms with Crippen LogP contribution in [0.5, 0.6) is 5.75 Å². The standard InChI is InChI=1S/C15H13F3N4O2/c16-15(17,18)24-12-4-2-10(3-5-12)13(23)22-8-11(9-22)21-14-19-6-1-7-20-14/h1-7,11H,8-9H2,(H,19,20,21). The molecule has 9 heteroatoms. The molecule has 0 atom stereocenters. The number of anilines is 1. The van der Waals surface area contributed by atoms with Crippen molar-refractivity contribution >= 4 is 11.9 Å². The molecule has 2 heterocycles. The van der Waals surface area contributed by atoms with E-state index in [0.717, 1.165) is 12.1 Å². The maximum atomic E-state index is 12.2. The molecule has 1 fully saturated rings. The molecule has 126 valence electrons. The molecule has 1 aromatic carbocycles. The van der Waals surface area contributed by atoms with E-state index in [0.29, 0.717) is 24.6 Å². The summed E-state index contributed by atoms with van der Waals surface area (Å²) in [5, 5.41) is 3.09. The molecular weight excluding hydrogens is 325 g/mol. The van der Waals surface area contributed by atoms with Crippen LogP contribution in [0.4, 0.5) is 19.1 Å². The molecule has 1 N–H and O–H groups in total. The van der Waals surface area contributed by atoms with Crippen molar-refractivity contribution in [1.29, 1.82) is 0 Å². The summed E-state index contributed by atoms with van der Waals surface area (Å²) in [6, 6.07) is 6.61. The second-order valence-corrected chi connectivity index (χ2v) is 5.20. The molecule has 3 rings (SSSR count). The number of carbonyl (C=O) groups is 1. The van der Waals surface area contributed by atoms with Crippen LogP contribution >= 0.6 is 0 Å². The second-order valence-electron chi connectivity index (χ2n) is 5.20. The molecule has 0 bridgehead atoms. The van der Waals surface area contributed by atoms with E-state index in [1.54, 1.807) is 23.4 Å². The van der Waals surface area contributed by atoms with Gasteiger partial charge in [0.1, 0.15) is 5.75 Å². The molecule has 0 spiro atoms. The number of likely N-dealkylation sites (tertiary alicyclic amines) is 1. The van der Waals surface area contributed by atoms with Crippen LogP contribution in [0.1, 0.15) is 10.4 Å². The quantitative estimate of drug-likeness (QED) is 0.927. The van der Waals surface area contributed by atoms with Crippen molar-refractivity contribution in [2.24, 2.45) is 0 Å². The predicted octanol–water partition coefficient (Wildman–Crippen LogP) is 2.31. The number of nitrogens with zero attached hydrogens (tertiary/aromatic N) is 3. The van der Waals surface area contributed by atoms with E-state index >= 15 is 0 Å². The van der Waals surface area contributed by atoms with E-state index in [2.05, 4.69) is 20.0 Å². The van der Waals surface area contributed by atoms with Crippen molar-refractivity contribution in [3.8, 4) is 5.75 Å². The molecule has 1 aliphatic heterocycles. The summed E-state index contributed by atoms with van der Waals surface area (Å²) < 4.78 is 40.1. The summed E-state index contributed by atoms with van der Waals surface area (Å²) in [5.41, 5.74) is 0.305. The Morgan fingerprint density at radius 1 is 1.17 bits per heavy atom. The lowest BCUT2D eigenvalue weighted by atomic mass is 10.1. The summed E-state index contributed by atoms with van der Waals surface area (Å²) in [6.45, 7) is 0.940. The van der Waals surface area contributed by atoms with Crippen LogP contribution in [-0.4, -0.2) is 46.3 Å². The van der Waals surface area contributed by atoms with Crippen molar-refractivity contribution < 1.29 is 22.7 Å². The van der Waals surface area contributed by atoms with Crippen LogP contribution in [0.25, 0.3) is 0 Å². The molecule has 1 aromatic heterocycles. The zero-order valence-corrected chi connectivity index (χ0v) is 12.3. The maximum Gasteiger partial charge on any atom is 0.573 e. The normalized spacial score (nSPS) is 14.9. The summed E-state index contributed by atoms with van der Waals surface area (Å²) in [6.07, 6.45) is -1.52. The first-order valence-electron chi connectivity index (χ1n) is 7.09. The van der Waals surface area contributed by atoms with Crippen LogP contribution in [-0.2, 0) is 0 Å². The third kappa shape index (κ3) is 3.92. The first kappa shape index (κ1) is 16.0. The fourth-order valence-electron chi connectivity index (χ4n) is 2.27. The average molecular weight is 338 g/mol. The van der Waals surface area contributed by atoms with Gasteiger partial charge in [0, 0.05) is 31.0 Å². The molecular formula is C15H13F3N4O2. The maximum absolute atomic E-state index is 12.2. The monoisotopic (exact) mass is 338 g/mol. The lowest BCUT2D eigenvalue weighted by Gasteiger charge is -2.39. The van der Waals surface area contributed by atoms with Crippen LogP contribution in [0.15, 0.2) is 42.7 Å². The van der Waals surface area contributed by atoms with Gasteiger partial charge in [-0.25, -0.2) is 9.97 Å². The molecule has 0 radical (unpaired) electrons. The number of aromatic nitrogens is 2. The Labute approximate surface area is 135 Å². The Balaban J connectivity index is 1.53. The van der Waals surface area contributed by atoms with Gasteiger partial charge in [-0.15, -0.1) is 13.2 Å². The van der Waals surface area contributed by atoms with Crippen LogP contribution in [0.3, 0.4) is 0 Å². The lowest BCUT2D eigenvalue weighted by molar-refractivity contribution is -0.274. The Morgan fingerprint density at radius 2 is 1.79 bits per heavy atom. The highest BCUT2D eigenvalue weighted by Gasteiger charge is 2.33. The Bertz CT molecular complexity index is 701. The number of halogens is 3. The third-order valence-electron chi connectivity index (χ3n) is 3.40. The van der Waals surface area contributed by atoms with Crippen molar-refractivity contribution in [3.05, 3.63) is 48.3 Å². The van der Waals surface area contributed by atoms with Crippen molar-refractivity contribution in [2.45, 2.75) is 12.4 Å². The molecule has 2 aromatic rings. The minimum Gasteiger partial charge on any atom is -0.406 e. The fraction of sp³-hybridized carbons (Fsp3) is 0.267. The summed E-state index contributed by atoms with van der Waals surface area (Å²) in [7, 11) is 0. The Hall–Kier alpha value is -2.84. The fourth-order valence-corrected chi connectivity index (χ4v) is 2.27. The smallest absolute Gasteiger partial charge is 0.406 e. The zero-order chi connectivity index (χ0) is 17.2. The summed E-state index contributed by atoms with van der Waals surface area (Å²) in [5.74, 6) is -0.118. The third-order valence-corrected chi connectivity index (χ3v) is 3.40. The highest BCUT2D eigenvalue weighted by Crippen LogP contribution is 2.24. The molecule has 6 nitrogen and oxygen atoms in total. The lowest BCUT2D eigenvalue weighted by Crippen LogP contribution is -2.57. The topological polar surface area (TPSA) is 67.3 Å². The SMILES string of the molecule is O=C(c1ccc(OC(F)(F)F)cc1)N1CC(Nc2ncccn2)C1. The van der Waals surface area contributed by atoms with Gasteiger partial charge in [-0.2, -0.15) is 0 Å². The number of carbonyl (C=O) groups excluding carboxylic acids is 1. The number of nitrogens with one attached hydrogen (secondary N) is 1. The number of hydrogen-bond acceptors (Lipinski definition) is 5. The minimum absolute atomic E-state index is 0.0455. The van der Waals surface area contributed by atoms with Gasteiger partial charge in [-0.05, 0) is 30.3 Å². The molecule has 0 aliphatic carbocycles. The number of ether oxygens (including phenoxy) is 1. The Morgan fingerprint density at radius 3 is 2.38 bits per heavy atom. The van der Waals surface area contributed by atoms with Gasteiger partial charge in [0.25, 0.3) is 5.91 Å². The number of hydrogen-bond donors (Lipinski definition) is 1.